The van der Waals surface area contributed by atoms with E-state index in [0.29, 0.717) is 28.2 Å². The molecular formula is C26H22O5. The van der Waals surface area contributed by atoms with Crippen LogP contribution in [0, 0.1) is 0 Å². The Labute approximate surface area is 180 Å². The van der Waals surface area contributed by atoms with Crippen molar-refractivity contribution < 1.29 is 18.6 Å². The van der Waals surface area contributed by atoms with Crippen molar-refractivity contribution in [1.82, 2.24) is 0 Å². The number of rotatable bonds is 6. The lowest BCUT2D eigenvalue weighted by Crippen LogP contribution is -2.03. The van der Waals surface area contributed by atoms with Gasteiger partial charge in [0.2, 0.25) is 0 Å². The van der Waals surface area contributed by atoms with Crippen molar-refractivity contribution in [2.24, 2.45) is 0 Å². The Bertz CT molecular complexity index is 1300. The quantitative estimate of drug-likeness (QED) is 0.301. The highest BCUT2D eigenvalue weighted by atomic mass is 16.5. The molecule has 1 heterocycles. The predicted octanol–water partition coefficient (Wildman–Crippen LogP) is 5.66. The van der Waals surface area contributed by atoms with Crippen LogP contribution >= 0.6 is 0 Å². The van der Waals surface area contributed by atoms with Crippen LogP contribution in [-0.4, -0.2) is 21.3 Å². The molecule has 31 heavy (non-hydrogen) atoms. The maximum absolute atomic E-state index is 12.6. The third-order valence-corrected chi connectivity index (χ3v) is 5.03. The monoisotopic (exact) mass is 414 g/mol. The van der Waals surface area contributed by atoms with Crippen LogP contribution in [0.3, 0.4) is 0 Å². The van der Waals surface area contributed by atoms with Crippen LogP contribution in [0.2, 0.25) is 0 Å². The molecule has 0 saturated heterocycles. The van der Waals surface area contributed by atoms with Crippen LogP contribution in [0.1, 0.15) is 11.1 Å². The van der Waals surface area contributed by atoms with Gasteiger partial charge in [-0.1, -0.05) is 36.4 Å². The summed E-state index contributed by atoms with van der Waals surface area (Å²) in [6.07, 6.45) is 4.04. The van der Waals surface area contributed by atoms with Gasteiger partial charge in [-0.25, -0.2) is 4.79 Å². The minimum atomic E-state index is -0.402. The standard InChI is InChI=1S/C26H22O5/c1-28-21-10-6-17(7-11-21)4-5-18-8-12-23-20(14-18)15-22(26(27)31-23)19-9-13-24(29-2)25(16-19)30-3/h4-16H,1-3H3/b5-4-. The van der Waals surface area contributed by atoms with Gasteiger partial charge >= 0.3 is 5.63 Å². The van der Waals surface area contributed by atoms with E-state index in [4.69, 9.17) is 18.6 Å². The fourth-order valence-corrected chi connectivity index (χ4v) is 3.36. The average molecular weight is 414 g/mol. The van der Waals surface area contributed by atoms with Crippen LogP contribution < -0.4 is 19.8 Å². The highest BCUT2D eigenvalue weighted by Gasteiger charge is 2.11. The second-order valence-electron chi connectivity index (χ2n) is 6.92. The zero-order valence-electron chi connectivity index (χ0n) is 17.5. The lowest BCUT2D eigenvalue weighted by molar-refractivity contribution is 0.355. The first-order valence-electron chi connectivity index (χ1n) is 9.73. The third-order valence-electron chi connectivity index (χ3n) is 5.03. The second-order valence-corrected chi connectivity index (χ2v) is 6.92. The van der Waals surface area contributed by atoms with E-state index in [1.54, 1.807) is 33.5 Å². The molecule has 0 fully saturated rings. The molecule has 0 aliphatic carbocycles. The molecule has 0 N–H and O–H groups in total. The molecule has 0 bridgehead atoms. The van der Waals surface area contributed by atoms with Crippen LogP contribution in [0.25, 0.3) is 34.2 Å². The van der Waals surface area contributed by atoms with E-state index < -0.39 is 5.63 Å². The minimum absolute atomic E-state index is 0.402. The number of methoxy groups -OCH3 is 3. The largest absolute Gasteiger partial charge is 0.497 e. The van der Waals surface area contributed by atoms with Crippen LogP contribution in [0.5, 0.6) is 17.2 Å². The lowest BCUT2D eigenvalue weighted by Gasteiger charge is -2.09. The molecule has 0 unspecified atom stereocenters. The summed E-state index contributed by atoms with van der Waals surface area (Å²) in [7, 11) is 4.78. The van der Waals surface area contributed by atoms with Gasteiger partial charge in [-0.15, -0.1) is 0 Å². The van der Waals surface area contributed by atoms with E-state index >= 15 is 0 Å². The molecule has 5 heteroatoms. The molecule has 0 atom stereocenters. The van der Waals surface area contributed by atoms with Gasteiger partial charge in [0.05, 0.1) is 26.9 Å². The Kier molecular flexibility index (Phi) is 5.76. The first kappa shape index (κ1) is 20.3. The highest BCUT2D eigenvalue weighted by Crippen LogP contribution is 2.32. The normalized spacial score (nSPS) is 11.1. The van der Waals surface area contributed by atoms with Gasteiger partial charge in [-0.05, 0) is 59.2 Å². The number of fused-ring (bicyclic) bond motifs is 1. The molecule has 0 radical (unpaired) electrons. The maximum atomic E-state index is 12.6. The number of hydrogen-bond acceptors (Lipinski definition) is 5. The summed E-state index contributed by atoms with van der Waals surface area (Å²) >= 11 is 0. The molecule has 3 aromatic carbocycles. The van der Waals surface area contributed by atoms with E-state index in [0.717, 1.165) is 22.3 Å². The zero-order valence-corrected chi connectivity index (χ0v) is 17.5. The Hall–Kier alpha value is -3.99. The van der Waals surface area contributed by atoms with Gasteiger partial charge in [0, 0.05) is 5.39 Å². The van der Waals surface area contributed by atoms with Gasteiger partial charge in [-0.3, -0.25) is 0 Å². The topological polar surface area (TPSA) is 57.9 Å². The van der Waals surface area contributed by atoms with E-state index in [2.05, 4.69) is 0 Å². The Balaban J connectivity index is 1.70. The van der Waals surface area contributed by atoms with Crippen molar-refractivity contribution in [2.75, 3.05) is 21.3 Å². The molecule has 4 rings (SSSR count). The van der Waals surface area contributed by atoms with Crippen LogP contribution in [0.4, 0.5) is 0 Å². The maximum Gasteiger partial charge on any atom is 0.344 e. The fourth-order valence-electron chi connectivity index (χ4n) is 3.36. The molecule has 0 saturated carbocycles. The Morgan fingerprint density at radius 2 is 1.42 bits per heavy atom. The van der Waals surface area contributed by atoms with Crippen molar-refractivity contribution in [3.8, 4) is 28.4 Å². The SMILES string of the molecule is COc1ccc(/C=C\c2ccc3oc(=O)c(-c4ccc(OC)c(OC)c4)cc3c2)cc1. The molecule has 4 aromatic rings. The Morgan fingerprint density at radius 3 is 2.13 bits per heavy atom. The summed E-state index contributed by atoms with van der Waals surface area (Å²) in [6.45, 7) is 0. The van der Waals surface area contributed by atoms with Crippen molar-refractivity contribution in [3.05, 3.63) is 88.3 Å². The summed E-state index contributed by atoms with van der Waals surface area (Å²) in [5.74, 6) is 1.97. The van der Waals surface area contributed by atoms with Crippen molar-refractivity contribution in [1.29, 1.82) is 0 Å². The number of benzene rings is 3. The molecular weight excluding hydrogens is 392 g/mol. The second kappa shape index (κ2) is 8.79. The predicted molar refractivity (Wildman–Crippen MR) is 123 cm³/mol. The smallest absolute Gasteiger partial charge is 0.344 e. The van der Waals surface area contributed by atoms with Gasteiger partial charge in [0.15, 0.2) is 11.5 Å². The summed E-state index contributed by atoms with van der Waals surface area (Å²) in [6, 6.07) is 20.7. The number of hydrogen-bond donors (Lipinski definition) is 0. The van der Waals surface area contributed by atoms with Gasteiger partial charge < -0.3 is 18.6 Å². The van der Waals surface area contributed by atoms with E-state index in [9.17, 15) is 4.79 Å². The van der Waals surface area contributed by atoms with Crippen molar-refractivity contribution in [3.63, 3.8) is 0 Å². The summed E-state index contributed by atoms with van der Waals surface area (Å²) in [4.78, 5) is 12.6. The van der Waals surface area contributed by atoms with Crippen molar-refractivity contribution in [2.45, 2.75) is 0 Å². The fraction of sp³-hybridized carbons (Fsp3) is 0.115. The Morgan fingerprint density at radius 1 is 0.710 bits per heavy atom. The molecule has 1 aromatic heterocycles. The molecule has 0 amide bonds. The first-order valence-corrected chi connectivity index (χ1v) is 9.73. The molecule has 5 nitrogen and oxygen atoms in total. The van der Waals surface area contributed by atoms with Crippen LogP contribution in [-0.2, 0) is 0 Å². The summed E-state index contributed by atoms with van der Waals surface area (Å²) < 4.78 is 21.4. The van der Waals surface area contributed by atoms with Gasteiger partial charge in [0.25, 0.3) is 0 Å². The molecule has 0 aliphatic rings. The van der Waals surface area contributed by atoms with Gasteiger partial charge in [0.1, 0.15) is 11.3 Å². The average Bonchev–Trinajstić information content (AvgIpc) is 2.82. The van der Waals surface area contributed by atoms with E-state index in [-0.39, 0.29) is 0 Å². The molecule has 0 spiro atoms. The van der Waals surface area contributed by atoms with E-state index in [1.807, 2.05) is 66.7 Å². The summed E-state index contributed by atoms with van der Waals surface area (Å²) in [5.41, 5.74) is 3.36. The highest BCUT2D eigenvalue weighted by molar-refractivity contribution is 5.85. The first-order chi connectivity index (χ1) is 15.1. The van der Waals surface area contributed by atoms with Gasteiger partial charge in [-0.2, -0.15) is 0 Å². The lowest BCUT2D eigenvalue weighted by atomic mass is 10.0. The number of ether oxygens (including phenoxy) is 3. The third kappa shape index (κ3) is 4.31. The van der Waals surface area contributed by atoms with Crippen molar-refractivity contribution >= 4 is 23.1 Å². The summed E-state index contributed by atoms with van der Waals surface area (Å²) in [5, 5.41) is 0.835. The zero-order chi connectivity index (χ0) is 21.8. The van der Waals surface area contributed by atoms with E-state index in [1.165, 1.54) is 0 Å². The molecule has 0 aliphatic heterocycles. The minimum Gasteiger partial charge on any atom is -0.497 e. The molecule has 156 valence electrons. The van der Waals surface area contributed by atoms with Crippen LogP contribution in [0.15, 0.2) is 75.9 Å².